The first-order valence-electron chi connectivity index (χ1n) is 4.55. The molecule has 0 spiro atoms. The molecule has 1 rings (SSSR count). The fourth-order valence-electron chi connectivity index (χ4n) is 1.50. The van der Waals surface area contributed by atoms with Crippen LogP contribution in [0.25, 0.3) is 0 Å². The van der Waals surface area contributed by atoms with E-state index >= 15 is 0 Å². The average molecular weight is 151 g/mol. The van der Waals surface area contributed by atoms with Gasteiger partial charge >= 0.3 is 0 Å². The smallest absolute Gasteiger partial charge is 0.0104 e. The molecule has 0 amide bonds. The SMILES string of the molecule is C#CCCC(NCC)C1CC1. The third-order valence-electron chi connectivity index (χ3n) is 2.26. The van der Waals surface area contributed by atoms with Crippen LogP contribution in [0.5, 0.6) is 0 Å². The second kappa shape index (κ2) is 4.41. The Morgan fingerprint density at radius 3 is 2.82 bits per heavy atom. The van der Waals surface area contributed by atoms with Gasteiger partial charge in [-0.3, -0.25) is 0 Å². The second-order valence-electron chi connectivity index (χ2n) is 3.24. The van der Waals surface area contributed by atoms with Gasteiger partial charge in [0.2, 0.25) is 0 Å². The lowest BCUT2D eigenvalue weighted by atomic mass is 10.1. The minimum atomic E-state index is 0.705. The Morgan fingerprint density at radius 2 is 2.36 bits per heavy atom. The van der Waals surface area contributed by atoms with E-state index in [1.807, 2.05) is 0 Å². The molecule has 1 N–H and O–H groups in total. The Hall–Kier alpha value is -0.480. The van der Waals surface area contributed by atoms with Crippen LogP contribution < -0.4 is 5.32 Å². The number of hydrogen-bond donors (Lipinski definition) is 1. The molecule has 1 nitrogen and oxygen atoms in total. The van der Waals surface area contributed by atoms with Gasteiger partial charge in [0.05, 0.1) is 0 Å². The van der Waals surface area contributed by atoms with Crippen molar-refractivity contribution in [2.45, 2.75) is 38.6 Å². The maximum absolute atomic E-state index is 5.22. The van der Waals surface area contributed by atoms with Crippen LogP contribution in [0, 0.1) is 18.3 Å². The van der Waals surface area contributed by atoms with Gasteiger partial charge in [-0.05, 0) is 31.7 Å². The highest BCUT2D eigenvalue weighted by atomic mass is 14.9. The first-order chi connectivity index (χ1) is 5.38. The molecule has 0 saturated heterocycles. The Labute approximate surface area is 69.6 Å². The first-order valence-corrected chi connectivity index (χ1v) is 4.55. The van der Waals surface area contributed by atoms with Crippen molar-refractivity contribution in [1.82, 2.24) is 5.32 Å². The van der Waals surface area contributed by atoms with E-state index in [1.165, 1.54) is 12.8 Å². The number of hydrogen-bond acceptors (Lipinski definition) is 1. The van der Waals surface area contributed by atoms with Crippen LogP contribution in [-0.4, -0.2) is 12.6 Å². The lowest BCUT2D eigenvalue weighted by molar-refractivity contribution is 0.451. The van der Waals surface area contributed by atoms with Crippen LogP contribution in [0.2, 0.25) is 0 Å². The summed E-state index contributed by atoms with van der Waals surface area (Å²) < 4.78 is 0. The molecule has 1 heteroatoms. The maximum Gasteiger partial charge on any atom is 0.0104 e. The minimum Gasteiger partial charge on any atom is -0.314 e. The van der Waals surface area contributed by atoms with E-state index in [9.17, 15) is 0 Å². The molecule has 62 valence electrons. The molecule has 1 aliphatic rings. The van der Waals surface area contributed by atoms with E-state index in [2.05, 4.69) is 18.2 Å². The molecule has 1 unspecified atom stereocenters. The van der Waals surface area contributed by atoms with Crippen molar-refractivity contribution in [2.75, 3.05) is 6.54 Å². The summed E-state index contributed by atoms with van der Waals surface area (Å²) >= 11 is 0. The van der Waals surface area contributed by atoms with Gasteiger partial charge in [0, 0.05) is 12.5 Å². The zero-order chi connectivity index (χ0) is 8.10. The van der Waals surface area contributed by atoms with Gasteiger partial charge in [-0.2, -0.15) is 0 Å². The summed E-state index contributed by atoms with van der Waals surface area (Å²) in [6.07, 6.45) is 10.1. The normalized spacial score (nSPS) is 19.3. The fourth-order valence-corrected chi connectivity index (χ4v) is 1.50. The summed E-state index contributed by atoms with van der Waals surface area (Å²) in [6.45, 7) is 3.23. The van der Waals surface area contributed by atoms with E-state index in [1.54, 1.807) is 0 Å². The van der Waals surface area contributed by atoms with E-state index in [0.29, 0.717) is 6.04 Å². The molecular formula is C10H17N. The highest BCUT2D eigenvalue weighted by Crippen LogP contribution is 2.34. The predicted molar refractivity (Wildman–Crippen MR) is 48.3 cm³/mol. The summed E-state index contributed by atoms with van der Waals surface area (Å²) in [6, 6.07) is 0.705. The Kier molecular flexibility index (Phi) is 3.45. The molecule has 0 aromatic heterocycles. The quantitative estimate of drug-likeness (QED) is 0.591. The highest BCUT2D eigenvalue weighted by Gasteiger charge is 2.29. The van der Waals surface area contributed by atoms with Crippen molar-refractivity contribution in [1.29, 1.82) is 0 Å². The van der Waals surface area contributed by atoms with Crippen LogP contribution >= 0.6 is 0 Å². The molecule has 1 fully saturated rings. The van der Waals surface area contributed by atoms with Gasteiger partial charge in [-0.1, -0.05) is 6.92 Å². The maximum atomic E-state index is 5.22. The third kappa shape index (κ3) is 2.95. The van der Waals surface area contributed by atoms with Gasteiger partial charge in [-0.25, -0.2) is 0 Å². The van der Waals surface area contributed by atoms with E-state index in [0.717, 1.165) is 25.3 Å². The summed E-state index contributed by atoms with van der Waals surface area (Å²) in [5.41, 5.74) is 0. The summed E-state index contributed by atoms with van der Waals surface area (Å²) in [4.78, 5) is 0. The average Bonchev–Trinajstić information content (AvgIpc) is 2.80. The van der Waals surface area contributed by atoms with Gasteiger partial charge in [0.25, 0.3) is 0 Å². The number of rotatable bonds is 5. The molecule has 0 radical (unpaired) electrons. The van der Waals surface area contributed by atoms with Crippen LogP contribution in [-0.2, 0) is 0 Å². The first kappa shape index (κ1) is 8.62. The van der Waals surface area contributed by atoms with E-state index in [-0.39, 0.29) is 0 Å². The van der Waals surface area contributed by atoms with Gasteiger partial charge in [0.1, 0.15) is 0 Å². The predicted octanol–water partition coefficient (Wildman–Crippen LogP) is 1.79. The van der Waals surface area contributed by atoms with Crippen LogP contribution in [0.3, 0.4) is 0 Å². The second-order valence-corrected chi connectivity index (χ2v) is 3.24. The van der Waals surface area contributed by atoms with Crippen LogP contribution in [0.1, 0.15) is 32.6 Å². The van der Waals surface area contributed by atoms with Crippen molar-refractivity contribution in [2.24, 2.45) is 5.92 Å². The molecular weight excluding hydrogens is 134 g/mol. The summed E-state index contributed by atoms with van der Waals surface area (Å²) in [5, 5.41) is 3.48. The van der Waals surface area contributed by atoms with E-state index in [4.69, 9.17) is 6.42 Å². The summed E-state index contributed by atoms with van der Waals surface area (Å²) in [7, 11) is 0. The van der Waals surface area contributed by atoms with Gasteiger partial charge in [-0.15, -0.1) is 12.3 Å². The monoisotopic (exact) mass is 151 g/mol. The van der Waals surface area contributed by atoms with Crippen LogP contribution in [0.15, 0.2) is 0 Å². The molecule has 1 aliphatic carbocycles. The molecule has 11 heavy (non-hydrogen) atoms. The lowest BCUT2D eigenvalue weighted by Gasteiger charge is -2.14. The zero-order valence-corrected chi connectivity index (χ0v) is 7.27. The summed E-state index contributed by atoms with van der Waals surface area (Å²) in [5.74, 6) is 3.63. The fraction of sp³-hybridized carbons (Fsp3) is 0.800. The Balaban J connectivity index is 2.16. The molecule has 1 atom stereocenters. The topological polar surface area (TPSA) is 12.0 Å². The van der Waals surface area contributed by atoms with Gasteiger partial charge in [0.15, 0.2) is 0 Å². The van der Waals surface area contributed by atoms with Crippen molar-refractivity contribution >= 4 is 0 Å². The molecule has 0 aromatic carbocycles. The Morgan fingerprint density at radius 1 is 1.64 bits per heavy atom. The number of terminal acetylenes is 1. The van der Waals surface area contributed by atoms with Crippen molar-refractivity contribution in [3.8, 4) is 12.3 Å². The van der Waals surface area contributed by atoms with Crippen molar-refractivity contribution in [3.63, 3.8) is 0 Å². The lowest BCUT2D eigenvalue weighted by Crippen LogP contribution is -2.30. The van der Waals surface area contributed by atoms with E-state index < -0.39 is 0 Å². The van der Waals surface area contributed by atoms with Crippen molar-refractivity contribution in [3.05, 3.63) is 0 Å². The third-order valence-corrected chi connectivity index (χ3v) is 2.26. The largest absolute Gasteiger partial charge is 0.314 e. The Bertz CT molecular complexity index is 141. The molecule has 1 saturated carbocycles. The number of nitrogens with one attached hydrogen (secondary N) is 1. The highest BCUT2D eigenvalue weighted by molar-refractivity contribution is 4.91. The molecule has 0 aliphatic heterocycles. The molecule has 0 bridgehead atoms. The van der Waals surface area contributed by atoms with Crippen molar-refractivity contribution < 1.29 is 0 Å². The van der Waals surface area contributed by atoms with Gasteiger partial charge < -0.3 is 5.32 Å². The van der Waals surface area contributed by atoms with Crippen LogP contribution in [0.4, 0.5) is 0 Å². The standard InChI is InChI=1S/C10H17N/c1-3-5-6-10(11-4-2)9-7-8-9/h1,9-11H,4-8H2,2H3. The molecule has 0 aromatic rings. The minimum absolute atomic E-state index is 0.705. The molecule has 0 heterocycles. The zero-order valence-electron chi connectivity index (χ0n) is 7.27.